The molecule has 5 rings (SSSR count). The van der Waals surface area contributed by atoms with Gasteiger partial charge in [-0.1, -0.05) is 30.3 Å². The summed E-state index contributed by atoms with van der Waals surface area (Å²) in [6.45, 7) is 5.23. The van der Waals surface area contributed by atoms with E-state index in [0.29, 0.717) is 36.6 Å². The molecule has 2 aromatic heterocycles. The molecule has 2 aromatic carbocycles. The van der Waals surface area contributed by atoms with Gasteiger partial charge in [-0.25, -0.2) is 4.39 Å². The number of aromatic nitrogens is 1. The van der Waals surface area contributed by atoms with Gasteiger partial charge in [-0.3, -0.25) is 14.2 Å². The van der Waals surface area contributed by atoms with Gasteiger partial charge >= 0.3 is 0 Å². The molecule has 0 unspecified atom stereocenters. The molecule has 0 saturated carbocycles. The summed E-state index contributed by atoms with van der Waals surface area (Å²) in [6, 6.07) is 19.0. The Morgan fingerprint density at radius 1 is 1.00 bits per heavy atom. The summed E-state index contributed by atoms with van der Waals surface area (Å²) in [5, 5.41) is 0.879. The van der Waals surface area contributed by atoms with Gasteiger partial charge in [0, 0.05) is 36.6 Å². The van der Waals surface area contributed by atoms with Crippen LogP contribution in [0.5, 0.6) is 0 Å². The quantitative estimate of drug-likeness (QED) is 0.433. The van der Waals surface area contributed by atoms with Crippen molar-refractivity contribution in [1.82, 2.24) is 14.4 Å². The Balaban J connectivity index is 1.39. The molecule has 0 bridgehead atoms. The Kier molecular flexibility index (Phi) is 5.69. The second kappa shape index (κ2) is 8.82. The summed E-state index contributed by atoms with van der Waals surface area (Å²) in [4.78, 5) is 30.1. The van der Waals surface area contributed by atoms with Crippen LogP contribution < -0.4 is 0 Å². The number of rotatable bonds is 4. The number of hydrogen-bond acceptors (Lipinski definition) is 3. The summed E-state index contributed by atoms with van der Waals surface area (Å²) in [5.41, 5.74) is 2.75. The van der Waals surface area contributed by atoms with Crippen molar-refractivity contribution in [2.75, 3.05) is 19.6 Å². The van der Waals surface area contributed by atoms with Crippen LogP contribution in [0.1, 0.15) is 46.3 Å². The highest BCUT2D eigenvalue weighted by atomic mass is 19.1. The molecule has 1 fully saturated rings. The maximum atomic E-state index is 13.7. The monoisotopic (exact) mass is 459 g/mol. The van der Waals surface area contributed by atoms with Crippen molar-refractivity contribution in [3.63, 3.8) is 0 Å². The third-order valence-electron chi connectivity index (χ3n) is 6.60. The minimum atomic E-state index is -0.376. The predicted octanol–water partition coefficient (Wildman–Crippen LogP) is 4.97. The largest absolute Gasteiger partial charge is 0.448 e. The van der Waals surface area contributed by atoms with Crippen LogP contribution in [0.3, 0.4) is 0 Å². The minimum absolute atomic E-state index is 0.0880. The fourth-order valence-electron chi connectivity index (χ4n) is 4.74. The van der Waals surface area contributed by atoms with E-state index in [-0.39, 0.29) is 29.7 Å². The van der Waals surface area contributed by atoms with Gasteiger partial charge in [0.25, 0.3) is 11.8 Å². The first-order valence-electron chi connectivity index (χ1n) is 11.4. The zero-order chi connectivity index (χ0) is 23.8. The van der Waals surface area contributed by atoms with Crippen molar-refractivity contribution in [3.8, 4) is 0 Å². The zero-order valence-electron chi connectivity index (χ0n) is 19.1. The lowest BCUT2D eigenvalue weighted by Crippen LogP contribution is -2.55. The number of halogens is 1. The second-order valence-electron chi connectivity index (χ2n) is 8.77. The lowest BCUT2D eigenvalue weighted by atomic mass is 10.1. The number of nitrogens with zero attached hydrogens (tertiary/aromatic N) is 3. The van der Waals surface area contributed by atoms with E-state index < -0.39 is 0 Å². The Morgan fingerprint density at radius 2 is 1.74 bits per heavy atom. The molecular weight excluding hydrogens is 433 g/mol. The molecule has 2 amide bonds. The molecule has 1 aliphatic rings. The standard InChI is InChI=1S/C27H26FN3O3/c1-18-17-29(13-14-30(18)25(32)21-8-10-23(28)11-9-21)26(33)24-16-22-12-15-34-27(22)31(24)19(2)20-6-4-3-5-7-20/h3-12,15-16,18-19H,13-14,17H2,1-2H3/t18-,19+/m1/s1. The number of carbonyl (C=O) groups is 2. The van der Waals surface area contributed by atoms with E-state index in [1.165, 1.54) is 24.3 Å². The number of furan rings is 1. The maximum Gasteiger partial charge on any atom is 0.270 e. The summed E-state index contributed by atoms with van der Waals surface area (Å²) >= 11 is 0. The molecule has 0 spiro atoms. The SMILES string of the molecule is C[C@@H]1CN(C(=O)c2cc3ccoc3n2[C@@H](C)c2ccccc2)CCN1C(=O)c1ccc(F)cc1. The molecule has 1 aliphatic heterocycles. The van der Waals surface area contributed by atoms with E-state index in [9.17, 15) is 14.0 Å². The molecular formula is C27H26FN3O3. The van der Waals surface area contributed by atoms with Gasteiger partial charge in [0.15, 0.2) is 0 Å². The Labute approximate surface area is 197 Å². The van der Waals surface area contributed by atoms with E-state index in [1.54, 1.807) is 16.1 Å². The molecule has 34 heavy (non-hydrogen) atoms. The molecule has 7 heteroatoms. The molecule has 0 N–H and O–H groups in total. The van der Waals surface area contributed by atoms with E-state index in [1.807, 2.05) is 54.0 Å². The van der Waals surface area contributed by atoms with E-state index in [4.69, 9.17) is 4.42 Å². The third-order valence-corrected chi connectivity index (χ3v) is 6.60. The van der Waals surface area contributed by atoms with Gasteiger partial charge < -0.3 is 14.2 Å². The number of carbonyl (C=O) groups excluding carboxylic acids is 2. The summed E-state index contributed by atoms with van der Waals surface area (Å²) < 4.78 is 20.9. The molecule has 3 heterocycles. The van der Waals surface area contributed by atoms with Gasteiger partial charge in [0.1, 0.15) is 11.5 Å². The summed E-state index contributed by atoms with van der Waals surface area (Å²) in [5.74, 6) is -0.619. The highest BCUT2D eigenvalue weighted by Gasteiger charge is 2.33. The van der Waals surface area contributed by atoms with Crippen LogP contribution in [0, 0.1) is 5.82 Å². The first-order chi connectivity index (χ1) is 16.4. The highest BCUT2D eigenvalue weighted by Crippen LogP contribution is 2.30. The van der Waals surface area contributed by atoms with Crippen LogP contribution in [0.15, 0.2) is 77.4 Å². The van der Waals surface area contributed by atoms with Crippen molar-refractivity contribution >= 4 is 22.9 Å². The van der Waals surface area contributed by atoms with E-state index in [2.05, 4.69) is 6.92 Å². The van der Waals surface area contributed by atoms with Crippen molar-refractivity contribution in [2.24, 2.45) is 0 Å². The topological polar surface area (TPSA) is 58.7 Å². The fraction of sp³-hybridized carbons (Fsp3) is 0.259. The number of piperazine rings is 1. The highest BCUT2D eigenvalue weighted by molar-refractivity contribution is 5.98. The van der Waals surface area contributed by atoms with Crippen molar-refractivity contribution < 1.29 is 18.4 Å². The molecule has 174 valence electrons. The molecule has 1 saturated heterocycles. The van der Waals surface area contributed by atoms with Gasteiger partial charge in [0.2, 0.25) is 5.71 Å². The Bertz CT molecular complexity index is 1330. The summed E-state index contributed by atoms with van der Waals surface area (Å²) in [6.07, 6.45) is 1.63. The van der Waals surface area contributed by atoms with Gasteiger partial charge in [-0.05, 0) is 55.8 Å². The van der Waals surface area contributed by atoms with Crippen LogP contribution in [0.4, 0.5) is 4.39 Å². The Morgan fingerprint density at radius 3 is 2.44 bits per heavy atom. The average Bonchev–Trinajstić information content (AvgIpc) is 3.45. The Hall–Kier alpha value is -3.87. The molecule has 0 aliphatic carbocycles. The second-order valence-corrected chi connectivity index (χ2v) is 8.77. The predicted molar refractivity (Wildman–Crippen MR) is 127 cm³/mol. The van der Waals surface area contributed by atoms with Gasteiger partial charge in [0.05, 0.1) is 12.3 Å². The normalized spacial score (nSPS) is 17.2. The van der Waals surface area contributed by atoms with Crippen molar-refractivity contribution in [3.05, 3.63) is 95.6 Å². The van der Waals surface area contributed by atoms with Gasteiger partial charge in [-0.15, -0.1) is 0 Å². The average molecular weight is 460 g/mol. The van der Waals surface area contributed by atoms with Crippen LogP contribution in [-0.4, -0.2) is 51.9 Å². The van der Waals surface area contributed by atoms with Crippen molar-refractivity contribution in [1.29, 1.82) is 0 Å². The van der Waals surface area contributed by atoms with Crippen LogP contribution in [0.25, 0.3) is 11.1 Å². The van der Waals surface area contributed by atoms with Crippen molar-refractivity contribution in [2.45, 2.75) is 25.9 Å². The minimum Gasteiger partial charge on any atom is -0.448 e. The number of fused-ring (bicyclic) bond motifs is 1. The molecule has 6 nitrogen and oxygen atoms in total. The first kappa shape index (κ1) is 21.9. The first-order valence-corrected chi connectivity index (χ1v) is 11.4. The van der Waals surface area contributed by atoms with E-state index in [0.717, 1.165) is 10.9 Å². The van der Waals surface area contributed by atoms with E-state index >= 15 is 0 Å². The molecule has 4 aromatic rings. The maximum absolute atomic E-state index is 13.7. The smallest absolute Gasteiger partial charge is 0.270 e. The number of benzene rings is 2. The third kappa shape index (κ3) is 3.87. The van der Waals surface area contributed by atoms with Gasteiger partial charge in [-0.2, -0.15) is 0 Å². The zero-order valence-corrected chi connectivity index (χ0v) is 19.1. The molecule has 0 radical (unpaired) electrons. The van der Waals surface area contributed by atoms with Crippen LogP contribution in [-0.2, 0) is 0 Å². The summed E-state index contributed by atoms with van der Waals surface area (Å²) in [7, 11) is 0. The lowest BCUT2D eigenvalue weighted by Gasteiger charge is -2.40. The number of hydrogen-bond donors (Lipinski definition) is 0. The molecule has 2 atom stereocenters. The van der Waals surface area contributed by atoms with Crippen LogP contribution >= 0.6 is 0 Å². The van der Waals surface area contributed by atoms with Crippen LogP contribution in [0.2, 0.25) is 0 Å². The number of amides is 2. The fourth-order valence-corrected chi connectivity index (χ4v) is 4.74. The lowest BCUT2D eigenvalue weighted by molar-refractivity contribution is 0.0409.